The van der Waals surface area contributed by atoms with E-state index in [9.17, 15) is 4.39 Å². The van der Waals surface area contributed by atoms with Crippen LogP contribution in [0.25, 0.3) is 0 Å². The summed E-state index contributed by atoms with van der Waals surface area (Å²) in [6.45, 7) is 2.18. The van der Waals surface area contributed by atoms with Crippen LogP contribution in [0.2, 0.25) is 5.02 Å². The lowest BCUT2D eigenvalue weighted by molar-refractivity contribution is 0.305. The Morgan fingerprint density at radius 2 is 2.00 bits per heavy atom. The Balaban J connectivity index is 2.13. The van der Waals surface area contributed by atoms with E-state index in [-0.39, 0.29) is 12.4 Å². The van der Waals surface area contributed by atoms with Crippen LogP contribution < -0.4 is 10.5 Å². The van der Waals surface area contributed by atoms with Gasteiger partial charge in [-0.3, -0.25) is 0 Å². The van der Waals surface area contributed by atoms with Gasteiger partial charge in [0.2, 0.25) is 0 Å². The van der Waals surface area contributed by atoms with Gasteiger partial charge in [0.25, 0.3) is 0 Å². The molecule has 2 aromatic carbocycles. The molecule has 2 aromatic rings. The Morgan fingerprint density at radius 1 is 1.22 bits per heavy atom. The molecule has 0 unspecified atom stereocenters. The van der Waals surface area contributed by atoms with Crippen molar-refractivity contribution < 1.29 is 9.13 Å². The number of nitrogen functional groups attached to an aromatic ring is 1. The SMILES string of the molecule is Cc1ccc(F)cc1COc1ccc(N)cc1Cl. The number of hydrogen-bond acceptors (Lipinski definition) is 2. The van der Waals surface area contributed by atoms with Crippen molar-refractivity contribution in [3.8, 4) is 5.75 Å². The zero-order valence-corrected chi connectivity index (χ0v) is 10.7. The Hall–Kier alpha value is -1.74. The van der Waals surface area contributed by atoms with Crippen molar-refractivity contribution >= 4 is 17.3 Å². The summed E-state index contributed by atoms with van der Waals surface area (Å²) in [7, 11) is 0. The first kappa shape index (κ1) is 12.7. The maximum atomic E-state index is 13.1. The monoisotopic (exact) mass is 265 g/mol. The van der Waals surface area contributed by atoms with E-state index in [0.29, 0.717) is 16.5 Å². The third-order valence-corrected chi connectivity index (χ3v) is 2.95. The third-order valence-electron chi connectivity index (χ3n) is 2.65. The van der Waals surface area contributed by atoms with E-state index < -0.39 is 0 Å². The van der Waals surface area contributed by atoms with Crippen molar-refractivity contribution in [3.63, 3.8) is 0 Å². The van der Waals surface area contributed by atoms with Crippen LogP contribution in [-0.4, -0.2) is 0 Å². The quantitative estimate of drug-likeness (QED) is 0.853. The predicted octanol–water partition coefficient (Wildman–Crippen LogP) is 3.95. The molecule has 0 saturated carbocycles. The first-order valence-corrected chi connectivity index (χ1v) is 5.87. The average molecular weight is 266 g/mol. The molecule has 2 rings (SSSR count). The summed E-state index contributed by atoms with van der Waals surface area (Å²) in [6, 6.07) is 9.63. The molecule has 0 fully saturated rings. The van der Waals surface area contributed by atoms with Crippen LogP contribution in [0.1, 0.15) is 11.1 Å². The van der Waals surface area contributed by atoms with Crippen LogP contribution in [0.5, 0.6) is 5.75 Å². The molecular formula is C14H13ClFNO. The third kappa shape index (κ3) is 2.93. The molecule has 18 heavy (non-hydrogen) atoms. The molecule has 0 atom stereocenters. The van der Waals surface area contributed by atoms with Gasteiger partial charge in [0.15, 0.2) is 0 Å². The molecule has 2 N–H and O–H groups in total. The van der Waals surface area contributed by atoms with Crippen LogP contribution in [-0.2, 0) is 6.61 Å². The molecule has 2 nitrogen and oxygen atoms in total. The summed E-state index contributed by atoms with van der Waals surface area (Å²) in [5.74, 6) is 0.261. The highest BCUT2D eigenvalue weighted by Crippen LogP contribution is 2.27. The maximum Gasteiger partial charge on any atom is 0.138 e. The summed E-state index contributed by atoms with van der Waals surface area (Å²) in [5, 5.41) is 0.448. The fraction of sp³-hybridized carbons (Fsp3) is 0.143. The number of anilines is 1. The van der Waals surface area contributed by atoms with E-state index >= 15 is 0 Å². The first-order valence-electron chi connectivity index (χ1n) is 5.49. The summed E-state index contributed by atoms with van der Waals surface area (Å²) < 4.78 is 18.7. The Bertz CT molecular complexity index is 572. The van der Waals surface area contributed by atoms with Gasteiger partial charge in [-0.25, -0.2) is 4.39 Å². The number of benzene rings is 2. The van der Waals surface area contributed by atoms with Crippen molar-refractivity contribution in [1.82, 2.24) is 0 Å². The zero-order valence-electron chi connectivity index (χ0n) is 9.91. The predicted molar refractivity (Wildman–Crippen MR) is 71.3 cm³/mol. The minimum atomic E-state index is -0.275. The Labute approximate surface area is 110 Å². The second kappa shape index (κ2) is 5.27. The second-order valence-electron chi connectivity index (χ2n) is 4.05. The van der Waals surface area contributed by atoms with Crippen molar-refractivity contribution in [2.24, 2.45) is 0 Å². The lowest BCUT2D eigenvalue weighted by Gasteiger charge is -2.10. The number of halogens is 2. The molecule has 0 aliphatic carbocycles. The molecule has 0 aliphatic rings. The van der Waals surface area contributed by atoms with Gasteiger partial charge in [0.05, 0.1) is 5.02 Å². The lowest BCUT2D eigenvalue weighted by atomic mass is 10.1. The standard InChI is InChI=1S/C14H13ClFNO/c1-9-2-3-11(16)6-10(9)8-18-14-5-4-12(17)7-13(14)15/h2-7H,8,17H2,1H3. The molecule has 0 heterocycles. The molecule has 4 heteroatoms. The molecular weight excluding hydrogens is 253 g/mol. The zero-order chi connectivity index (χ0) is 13.1. The van der Waals surface area contributed by atoms with E-state index in [2.05, 4.69) is 0 Å². The van der Waals surface area contributed by atoms with Gasteiger partial charge in [-0.05, 0) is 48.4 Å². The van der Waals surface area contributed by atoms with Gasteiger partial charge in [0.1, 0.15) is 18.2 Å². The van der Waals surface area contributed by atoms with Gasteiger partial charge in [-0.15, -0.1) is 0 Å². The van der Waals surface area contributed by atoms with E-state index in [0.717, 1.165) is 11.1 Å². The normalized spacial score (nSPS) is 10.4. The van der Waals surface area contributed by atoms with Crippen LogP contribution in [0.4, 0.5) is 10.1 Å². The highest BCUT2D eigenvalue weighted by molar-refractivity contribution is 6.32. The van der Waals surface area contributed by atoms with E-state index in [4.69, 9.17) is 22.1 Å². The summed E-state index contributed by atoms with van der Waals surface area (Å²) in [4.78, 5) is 0. The van der Waals surface area contributed by atoms with E-state index in [1.54, 1.807) is 24.3 Å². The summed E-state index contributed by atoms with van der Waals surface area (Å²) >= 11 is 5.99. The first-order chi connectivity index (χ1) is 8.56. The molecule has 0 spiro atoms. The van der Waals surface area contributed by atoms with Crippen molar-refractivity contribution in [1.29, 1.82) is 0 Å². The largest absolute Gasteiger partial charge is 0.487 e. The van der Waals surface area contributed by atoms with Crippen LogP contribution in [0.3, 0.4) is 0 Å². The highest BCUT2D eigenvalue weighted by Gasteiger charge is 2.05. The number of ether oxygens (including phenoxy) is 1. The Morgan fingerprint density at radius 3 is 2.72 bits per heavy atom. The van der Waals surface area contributed by atoms with Crippen molar-refractivity contribution in [2.45, 2.75) is 13.5 Å². The molecule has 0 bridgehead atoms. The summed E-state index contributed by atoms with van der Waals surface area (Å²) in [6.07, 6.45) is 0. The fourth-order valence-electron chi connectivity index (χ4n) is 1.59. The number of hydrogen-bond donors (Lipinski definition) is 1. The van der Waals surface area contributed by atoms with Crippen LogP contribution >= 0.6 is 11.6 Å². The topological polar surface area (TPSA) is 35.2 Å². The minimum absolute atomic E-state index is 0.271. The smallest absolute Gasteiger partial charge is 0.138 e. The molecule has 0 radical (unpaired) electrons. The minimum Gasteiger partial charge on any atom is -0.487 e. The van der Waals surface area contributed by atoms with Gasteiger partial charge in [-0.2, -0.15) is 0 Å². The van der Waals surface area contributed by atoms with Crippen molar-refractivity contribution in [3.05, 3.63) is 58.4 Å². The van der Waals surface area contributed by atoms with Crippen LogP contribution in [0.15, 0.2) is 36.4 Å². The maximum absolute atomic E-state index is 13.1. The molecule has 0 aromatic heterocycles. The highest BCUT2D eigenvalue weighted by atomic mass is 35.5. The van der Waals surface area contributed by atoms with Gasteiger partial charge >= 0.3 is 0 Å². The molecule has 0 aliphatic heterocycles. The number of aryl methyl sites for hydroxylation is 1. The van der Waals surface area contributed by atoms with E-state index in [1.165, 1.54) is 12.1 Å². The summed E-state index contributed by atoms with van der Waals surface area (Å²) in [5.41, 5.74) is 7.94. The lowest BCUT2D eigenvalue weighted by Crippen LogP contribution is -1.99. The average Bonchev–Trinajstić information content (AvgIpc) is 2.32. The van der Waals surface area contributed by atoms with Gasteiger partial charge in [0, 0.05) is 5.69 Å². The second-order valence-corrected chi connectivity index (χ2v) is 4.46. The van der Waals surface area contributed by atoms with Gasteiger partial charge < -0.3 is 10.5 Å². The fourth-order valence-corrected chi connectivity index (χ4v) is 1.83. The number of rotatable bonds is 3. The Kier molecular flexibility index (Phi) is 3.72. The van der Waals surface area contributed by atoms with E-state index in [1.807, 2.05) is 6.92 Å². The van der Waals surface area contributed by atoms with Gasteiger partial charge in [-0.1, -0.05) is 17.7 Å². The molecule has 0 saturated heterocycles. The van der Waals surface area contributed by atoms with Crippen LogP contribution in [0, 0.1) is 12.7 Å². The number of nitrogens with two attached hydrogens (primary N) is 1. The van der Waals surface area contributed by atoms with Crippen molar-refractivity contribution in [2.75, 3.05) is 5.73 Å². The molecule has 94 valence electrons. The molecule has 0 amide bonds.